The number of rotatable bonds is 2. The number of benzene rings is 1. The lowest BCUT2D eigenvalue weighted by Crippen LogP contribution is -2.45. The predicted octanol–water partition coefficient (Wildman–Crippen LogP) is 1.30. The van der Waals surface area contributed by atoms with E-state index in [2.05, 4.69) is 16.1 Å². The van der Waals surface area contributed by atoms with Crippen LogP contribution in [0.4, 0.5) is 0 Å². The molecule has 2 rings (SSSR count). The third kappa shape index (κ3) is 2.45. The number of sulfonamides is 1. The summed E-state index contributed by atoms with van der Waals surface area (Å²) in [5.74, 6) is 0. The normalized spacial score (nSPS) is 19.8. The topological polar surface area (TPSA) is 40.6 Å². The number of piperazine rings is 1. The Balaban J connectivity index is 2.20. The van der Waals surface area contributed by atoms with Gasteiger partial charge in [0.25, 0.3) is 0 Å². The molecular formula is C10H13BrN2O2S. The van der Waals surface area contributed by atoms with Crippen LogP contribution in [0.3, 0.4) is 0 Å². The van der Waals surface area contributed by atoms with Gasteiger partial charge in [-0.1, -0.05) is 18.2 Å². The van der Waals surface area contributed by atoms with E-state index < -0.39 is 10.0 Å². The first-order valence-corrected chi connectivity index (χ1v) is 7.21. The maximum absolute atomic E-state index is 12.2. The first kappa shape index (κ1) is 12.0. The van der Waals surface area contributed by atoms with E-state index in [9.17, 15) is 8.42 Å². The van der Waals surface area contributed by atoms with E-state index in [4.69, 9.17) is 0 Å². The van der Waals surface area contributed by atoms with Gasteiger partial charge < -0.3 is 0 Å². The minimum Gasteiger partial charge on any atom is -0.240 e. The van der Waals surface area contributed by atoms with Gasteiger partial charge in [0.05, 0.1) is 4.90 Å². The average molecular weight is 305 g/mol. The van der Waals surface area contributed by atoms with E-state index in [0.29, 0.717) is 31.1 Å². The van der Waals surface area contributed by atoms with Gasteiger partial charge in [0.2, 0.25) is 10.0 Å². The average Bonchev–Trinajstić information content (AvgIpc) is 2.31. The highest BCUT2D eigenvalue weighted by Gasteiger charge is 2.27. The van der Waals surface area contributed by atoms with Crippen molar-refractivity contribution in [1.29, 1.82) is 0 Å². The van der Waals surface area contributed by atoms with Crippen molar-refractivity contribution in [3.05, 3.63) is 30.3 Å². The molecule has 1 aliphatic rings. The first-order valence-electron chi connectivity index (χ1n) is 5.06. The maximum atomic E-state index is 12.2. The van der Waals surface area contributed by atoms with Gasteiger partial charge in [0, 0.05) is 42.3 Å². The molecule has 6 heteroatoms. The summed E-state index contributed by atoms with van der Waals surface area (Å²) < 4.78 is 27.8. The van der Waals surface area contributed by atoms with Crippen LogP contribution >= 0.6 is 16.1 Å². The van der Waals surface area contributed by atoms with Gasteiger partial charge in [0.15, 0.2) is 0 Å². The van der Waals surface area contributed by atoms with Crippen LogP contribution in [0.15, 0.2) is 35.2 Å². The molecule has 4 nitrogen and oxygen atoms in total. The predicted molar refractivity (Wildman–Crippen MR) is 65.7 cm³/mol. The molecule has 0 unspecified atom stereocenters. The molecule has 16 heavy (non-hydrogen) atoms. The Hall–Kier alpha value is -0.430. The highest BCUT2D eigenvalue weighted by molar-refractivity contribution is 9.07. The van der Waals surface area contributed by atoms with Crippen molar-refractivity contribution in [1.82, 2.24) is 8.23 Å². The lowest BCUT2D eigenvalue weighted by atomic mass is 10.4. The minimum absolute atomic E-state index is 0.373. The van der Waals surface area contributed by atoms with Crippen LogP contribution in [0.25, 0.3) is 0 Å². The summed E-state index contributed by atoms with van der Waals surface area (Å²) in [5.41, 5.74) is 0. The van der Waals surface area contributed by atoms with Crippen molar-refractivity contribution in [3.63, 3.8) is 0 Å². The lowest BCUT2D eigenvalue weighted by Gasteiger charge is -2.30. The second-order valence-electron chi connectivity index (χ2n) is 3.63. The minimum atomic E-state index is -3.30. The molecule has 0 atom stereocenters. The van der Waals surface area contributed by atoms with E-state index in [1.54, 1.807) is 24.3 Å². The Labute approximate surface area is 104 Å². The molecule has 0 amide bonds. The number of hydrogen-bond donors (Lipinski definition) is 0. The van der Waals surface area contributed by atoms with Crippen molar-refractivity contribution in [2.45, 2.75) is 4.90 Å². The fourth-order valence-electron chi connectivity index (χ4n) is 1.65. The van der Waals surface area contributed by atoms with E-state index in [1.807, 2.05) is 9.99 Å². The van der Waals surface area contributed by atoms with Gasteiger partial charge >= 0.3 is 0 Å². The molecule has 1 aromatic rings. The molecule has 1 aliphatic heterocycles. The molecule has 0 bridgehead atoms. The van der Waals surface area contributed by atoms with Crippen LogP contribution in [0.5, 0.6) is 0 Å². The summed E-state index contributed by atoms with van der Waals surface area (Å²) in [5, 5.41) is 0. The van der Waals surface area contributed by atoms with Gasteiger partial charge in [-0.25, -0.2) is 12.3 Å². The monoisotopic (exact) mass is 304 g/mol. The van der Waals surface area contributed by atoms with Crippen LogP contribution in [0, 0.1) is 0 Å². The Morgan fingerprint density at radius 1 is 1.00 bits per heavy atom. The summed E-state index contributed by atoms with van der Waals surface area (Å²) in [4.78, 5) is 0.373. The third-order valence-corrected chi connectivity index (χ3v) is 5.19. The highest BCUT2D eigenvalue weighted by Crippen LogP contribution is 2.17. The summed E-state index contributed by atoms with van der Waals surface area (Å²) >= 11 is 3.35. The summed E-state index contributed by atoms with van der Waals surface area (Å²) in [6, 6.07) is 8.57. The Morgan fingerprint density at radius 3 is 2.12 bits per heavy atom. The Bertz CT molecular complexity index is 441. The van der Waals surface area contributed by atoms with Crippen molar-refractivity contribution in [2.24, 2.45) is 0 Å². The van der Waals surface area contributed by atoms with Crippen molar-refractivity contribution in [3.8, 4) is 0 Å². The number of halogens is 1. The molecule has 0 N–H and O–H groups in total. The van der Waals surface area contributed by atoms with E-state index in [1.165, 1.54) is 4.31 Å². The Morgan fingerprint density at radius 2 is 1.56 bits per heavy atom. The molecule has 1 aromatic carbocycles. The molecule has 1 heterocycles. The molecule has 1 fully saturated rings. The molecule has 88 valence electrons. The van der Waals surface area contributed by atoms with Gasteiger partial charge in [-0.05, 0) is 12.1 Å². The van der Waals surface area contributed by atoms with Gasteiger partial charge in [-0.3, -0.25) is 0 Å². The third-order valence-electron chi connectivity index (χ3n) is 2.57. The van der Waals surface area contributed by atoms with Crippen LogP contribution in [0.1, 0.15) is 0 Å². The standard InChI is InChI=1S/C10H13BrN2O2S/c11-12-6-8-13(9-7-12)16(14,15)10-4-2-1-3-5-10/h1-5H,6-9H2. The lowest BCUT2D eigenvalue weighted by molar-refractivity contribution is 0.296. The summed E-state index contributed by atoms with van der Waals surface area (Å²) in [6.07, 6.45) is 0. The fourth-order valence-corrected chi connectivity index (χ4v) is 3.41. The van der Waals surface area contributed by atoms with Crippen LogP contribution in [0.2, 0.25) is 0 Å². The van der Waals surface area contributed by atoms with E-state index in [0.717, 1.165) is 0 Å². The van der Waals surface area contributed by atoms with Gasteiger partial charge in [0.1, 0.15) is 0 Å². The molecule has 0 radical (unpaired) electrons. The zero-order chi connectivity index (χ0) is 11.6. The summed E-state index contributed by atoms with van der Waals surface area (Å²) in [7, 11) is -3.30. The highest BCUT2D eigenvalue weighted by atomic mass is 79.9. The number of nitrogens with zero attached hydrogens (tertiary/aromatic N) is 2. The zero-order valence-corrected chi connectivity index (χ0v) is 11.1. The molecule has 0 spiro atoms. The van der Waals surface area contributed by atoms with Crippen LogP contribution in [-0.2, 0) is 10.0 Å². The largest absolute Gasteiger partial charge is 0.243 e. The zero-order valence-electron chi connectivity index (χ0n) is 8.71. The quantitative estimate of drug-likeness (QED) is 0.774. The summed E-state index contributed by atoms with van der Waals surface area (Å²) in [6.45, 7) is 2.49. The molecular weight excluding hydrogens is 292 g/mol. The number of hydrogen-bond acceptors (Lipinski definition) is 3. The maximum Gasteiger partial charge on any atom is 0.243 e. The van der Waals surface area contributed by atoms with Gasteiger partial charge in [-0.2, -0.15) is 4.31 Å². The van der Waals surface area contributed by atoms with Crippen molar-refractivity contribution < 1.29 is 8.42 Å². The molecule has 1 saturated heterocycles. The molecule has 0 saturated carbocycles. The first-order chi connectivity index (χ1) is 7.60. The fraction of sp³-hybridized carbons (Fsp3) is 0.400. The van der Waals surface area contributed by atoms with Crippen molar-refractivity contribution >= 4 is 26.2 Å². The molecule has 0 aromatic heterocycles. The molecule has 0 aliphatic carbocycles. The SMILES string of the molecule is O=S(=O)(c1ccccc1)N1CCN(Br)CC1. The van der Waals surface area contributed by atoms with Crippen LogP contribution in [-0.4, -0.2) is 42.8 Å². The van der Waals surface area contributed by atoms with Crippen LogP contribution < -0.4 is 0 Å². The smallest absolute Gasteiger partial charge is 0.240 e. The second kappa shape index (κ2) is 4.83. The van der Waals surface area contributed by atoms with Crippen molar-refractivity contribution in [2.75, 3.05) is 26.2 Å². The van der Waals surface area contributed by atoms with E-state index in [-0.39, 0.29) is 0 Å². The van der Waals surface area contributed by atoms with Gasteiger partial charge in [-0.15, -0.1) is 0 Å². The Kier molecular flexibility index (Phi) is 3.63. The van der Waals surface area contributed by atoms with E-state index >= 15 is 0 Å². The second-order valence-corrected chi connectivity index (χ2v) is 6.57.